The minimum Gasteiger partial charge on any atom is -0.494 e. The van der Waals surface area contributed by atoms with Crippen molar-refractivity contribution < 1.29 is 14.3 Å². The molecule has 10 nitrogen and oxygen atoms in total. The van der Waals surface area contributed by atoms with Gasteiger partial charge in [0.2, 0.25) is 5.91 Å². The van der Waals surface area contributed by atoms with Crippen molar-refractivity contribution in [2.75, 3.05) is 17.7 Å². The zero-order chi connectivity index (χ0) is 23.5. The summed E-state index contributed by atoms with van der Waals surface area (Å²) in [6.07, 6.45) is 2.76. The molecule has 0 aliphatic carbocycles. The Labute approximate surface area is 188 Å². The Balaban J connectivity index is 1.76. The van der Waals surface area contributed by atoms with E-state index in [2.05, 4.69) is 25.7 Å². The smallest absolute Gasteiger partial charge is 0.257 e. The highest BCUT2D eigenvalue weighted by Gasteiger charge is 2.19. The summed E-state index contributed by atoms with van der Waals surface area (Å²) in [7, 11) is 1.57. The molecule has 33 heavy (non-hydrogen) atoms. The number of methoxy groups -OCH3 is 1. The molecule has 3 heterocycles. The topological polar surface area (TPSA) is 135 Å². The molecule has 2 amide bonds. The number of para-hydroxylation sites is 1. The molecule has 2 N–H and O–H groups in total. The Bertz CT molecular complexity index is 1440. The van der Waals surface area contributed by atoms with E-state index in [4.69, 9.17) is 4.74 Å². The molecular formula is C23H19N7O3. The first-order chi connectivity index (χ1) is 15.9. The number of benzene rings is 1. The number of fused-ring (bicyclic) bond motifs is 1. The molecule has 3 aromatic heterocycles. The van der Waals surface area contributed by atoms with Crippen molar-refractivity contribution in [1.82, 2.24) is 19.7 Å². The number of nitriles is 1. The summed E-state index contributed by atoms with van der Waals surface area (Å²) in [5.41, 5.74) is 1.97. The van der Waals surface area contributed by atoms with E-state index in [1.807, 2.05) is 31.2 Å². The van der Waals surface area contributed by atoms with Crippen LogP contribution < -0.4 is 15.4 Å². The molecular weight excluding hydrogens is 422 g/mol. The van der Waals surface area contributed by atoms with Crippen molar-refractivity contribution in [2.45, 2.75) is 13.8 Å². The Morgan fingerprint density at radius 1 is 1.18 bits per heavy atom. The molecule has 4 rings (SSSR count). The number of carbonyl (C=O) groups excluding carboxylic acids is 2. The lowest BCUT2D eigenvalue weighted by Gasteiger charge is -2.13. The number of ether oxygens (including phenoxy) is 1. The largest absolute Gasteiger partial charge is 0.494 e. The van der Waals surface area contributed by atoms with Gasteiger partial charge in [0.1, 0.15) is 28.7 Å². The number of anilines is 2. The lowest BCUT2D eigenvalue weighted by molar-refractivity contribution is -0.114. The van der Waals surface area contributed by atoms with Gasteiger partial charge in [0.25, 0.3) is 5.91 Å². The van der Waals surface area contributed by atoms with Crippen molar-refractivity contribution in [3.05, 3.63) is 65.5 Å². The molecule has 0 aliphatic heterocycles. The predicted molar refractivity (Wildman–Crippen MR) is 121 cm³/mol. The number of nitrogens with zero attached hydrogens (tertiary/aromatic N) is 5. The summed E-state index contributed by atoms with van der Waals surface area (Å²) < 4.78 is 6.83. The first-order valence-corrected chi connectivity index (χ1v) is 9.89. The van der Waals surface area contributed by atoms with Crippen LogP contribution in [0.15, 0.2) is 48.8 Å². The van der Waals surface area contributed by atoms with Gasteiger partial charge in [-0.15, -0.1) is 0 Å². The number of nitrogens with one attached hydrogen (secondary N) is 2. The number of rotatable bonds is 5. The van der Waals surface area contributed by atoms with Crippen LogP contribution in [0, 0.1) is 18.3 Å². The van der Waals surface area contributed by atoms with Gasteiger partial charge < -0.3 is 15.4 Å². The van der Waals surface area contributed by atoms with Crippen LogP contribution in [0.1, 0.15) is 28.4 Å². The van der Waals surface area contributed by atoms with Crippen LogP contribution in [0.2, 0.25) is 0 Å². The lowest BCUT2D eigenvalue weighted by Crippen LogP contribution is -2.17. The molecule has 0 radical (unpaired) electrons. The summed E-state index contributed by atoms with van der Waals surface area (Å²) in [5, 5.41) is 20.0. The molecule has 164 valence electrons. The highest BCUT2D eigenvalue weighted by Crippen LogP contribution is 2.29. The minimum absolute atomic E-state index is 0.166. The highest BCUT2D eigenvalue weighted by molar-refractivity contribution is 6.05. The fourth-order valence-corrected chi connectivity index (χ4v) is 3.37. The first-order valence-electron chi connectivity index (χ1n) is 9.89. The number of amides is 2. The second-order valence-corrected chi connectivity index (χ2v) is 7.15. The zero-order valence-corrected chi connectivity index (χ0v) is 18.1. The number of carbonyl (C=O) groups is 2. The molecule has 0 unspecified atom stereocenters. The molecule has 0 fully saturated rings. The highest BCUT2D eigenvalue weighted by atomic mass is 16.5. The van der Waals surface area contributed by atoms with Crippen LogP contribution in [0.4, 0.5) is 11.6 Å². The normalized spacial score (nSPS) is 10.5. The number of pyridine rings is 2. The molecule has 0 atom stereocenters. The van der Waals surface area contributed by atoms with E-state index in [1.165, 1.54) is 36.1 Å². The van der Waals surface area contributed by atoms with Crippen LogP contribution in [0.25, 0.3) is 16.7 Å². The maximum absolute atomic E-state index is 12.9. The maximum Gasteiger partial charge on any atom is 0.257 e. The van der Waals surface area contributed by atoms with Crippen molar-refractivity contribution in [1.29, 1.82) is 5.26 Å². The van der Waals surface area contributed by atoms with Crippen molar-refractivity contribution in [3.63, 3.8) is 0 Å². The average molecular weight is 441 g/mol. The third-order valence-electron chi connectivity index (χ3n) is 4.88. The number of aromatic nitrogens is 4. The third-order valence-corrected chi connectivity index (χ3v) is 4.88. The molecule has 10 heteroatoms. The van der Waals surface area contributed by atoms with Gasteiger partial charge in [0, 0.05) is 24.1 Å². The maximum atomic E-state index is 12.9. The van der Waals surface area contributed by atoms with Crippen molar-refractivity contribution >= 4 is 34.4 Å². The van der Waals surface area contributed by atoms with Gasteiger partial charge in [0.15, 0.2) is 11.6 Å². The summed E-state index contributed by atoms with van der Waals surface area (Å²) in [6, 6.07) is 12.4. The van der Waals surface area contributed by atoms with E-state index in [9.17, 15) is 14.9 Å². The molecule has 0 bridgehead atoms. The van der Waals surface area contributed by atoms with Crippen LogP contribution in [0.3, 0.4) is 0 Å². The van der Waals surface area contributed by atoms with Gasteiger partial charge >= 0.3 is 0 Å². The standard InChI is InChI=1S/C23H19N7O3/c1-13-9-20(28-21-17(13)5-4-6-18(21)33-3)30-22(16(11-24)12-26-30)29-23(32)15-7-8-25-19(10-15)27-14(2)31/h4-10,12H,1-3H3,(H,29,32)(H,25,27,31). The summed E-state index contributed by atoms with van der Waals surface area (Å²) in [6.45, 7) is 3.28. The van der Waals surface area contributed by atoms with Gasteiger partial charge in [0.05, 0.1) is 13.3 Å². The Kier molecular flexibility index (Phi) is 5.69. The van der Waals surface area contributed by atoms with E-state index in [1.54, 1.807) is 13.2 Å². The van der Waals surface area contributed by atoms with Crippen molar-refractivity contribution in [2.24, 2.45) is 0 Å². The molecule has 0 spiro atoms. The predicted octanol–water partition coefficient (Wildman–Crippen LogP) is 3.21. The molecule has 1 aromatic carbocycles. The van der Waals surface area contributed by atoms with E-state index < -0.39 is 5.91 Å². The van der Waals surface area contributed by atoms with Gasteiger partial charge in [-0.3, -0.25) is 9.59 Å². The molecule has 0 saturated heterocycles. The Morgan fingerprint density at radius 2 is 2.00 bits per heavy atom. The molecule has 4 aromatic rings. The fraction of sp³-hybridized carbons (Fsp3) is 0.130. The second kappa shape index (κ2) is 8.76. The molecule has 0 aliphatic rings. The number of hydrogen-bond acceptors (Lipinski definition) is 7. The summed E-state index contributed by atoms with van der Waals surface area (Å²) >= 11 is 0. The van der Waals surface area contributed by atoms with Gasteiger partial charge in [-0.1, -0.05) is 12.1 Å². The Morgan fingerprint density at radius 3 is 2.73 bits per heavy atom. The van der Waals surface area contributed by atoms with Crippen LogP contribution >= 0.6 is 0 Å². The first kappa shape index (κ1) is 21.5. The van der Waals surface area contributed by atoms with Crippen LogP contribution in [-0.4, -0.2) is 38.7 Å². The Hall–Kier alpha value is -4.78. The minimum atomic E-state index is -0.502. The SMILES string of the molecule is COc1cccc2c(C)cc(-n3ncc(C#N)c3NC(=O)c3ccnc(NC(C)=O)c3)nc12. The van der Waals surface area contributed by atoms with E-state index >= 15 is 0 Å². The second-order valence-electron chi connectivity index (χ2n) is 7.15. The van der Waals surface area contributed by atoms with E-state index in [-0.39, 0.29) is 28.7 Å². The van der Waals surface area contributed by atoms with E-state index in [0.717, 1.165) is 10.9 Å². The van der Waals surface area contributed by atoms with Gasteiger partial charge in [-0.05, 0) is 36.8 Å². The third kappa shape index (κ3) is 4.20. The lowest BCUT2D eigenvalue weighted by atomic mass is 10.1. The van der Waals surface area contributed by atoms with E-state index in [0.29, 0.717) is 17.1 Å². The monoisotopic (exact) mass is 441 g/mol. The van der Waals surface area contributed by atoms with Crippen molar-refractivity contribution in [3.8, 4) is 17.6 Å². The zero-order valence-electron chi connectivity index (χ0n) is 18.1. The summed E-state index contributed by atoms with van der Waals surface area (Å²) in [4.78, 5) is 32.9. The van der Waals surface area contributed by atoms with Gasteiger partial charge in [-0.25, -0.2) is 9.97 Å². The average Bonchev–Trinajstić information content (AvgIpc) is 3.20. The number of aryl methyl sites for hydroxylation is 1. The van der Waals surface area contributed by atoms with Crippen LogP contribution in [0.5, 0.6) is 5.75 Å². The van der Waals surface area contributed by atoms with Crippen LogP contribution in [-0.2, 0) is 4.79 Å². The fourth-order valence-electron chi connectivity index (χ4n) is 3.37. The quantitative estimate of drug-likeness (QED) is 0.485. The number of hydrogen-bond donors (Lipinski definition) is 2. The molecule has 0 saturated carbocycles. The van der Waals surface area contributed by atoms with Gasteiger partial charge in [-0.2, -0.15) is 15.0 Å². The summed E-state index contributed by atoms with van der Waals surface area (Å²) in [5.74, 6) is 0.605.